The maximum Gasteiger partial charge on any atom is 0.336 e. The van der Waals surface area contributed by atoms with E-state index in [2.05, 4.69) is 20.2 Å². The SMILES string of the molecule is O=C(O)c1cc(-c2ccccn2)nc2ccc3nn(-c4cccc(F)c4)nc3c12. The van der Waals surface area contributed by atoms with Crippen molar-refractivity contribution in [3.63, 3.8) is 0 Å². The number of pyridine rings is 2. The molecule has 0 aliphatic heterocycles. The van der Waals surface area contributed by atoms with Gasteiger partial charge in [0.25, 0.3) is 0 Å². The van der Waals surface area contributed by atoms with Crippen LogP contribution < -0.4 is 0 Å². The van der Waals surface area contributed by atoms with E-state index in [1.165, 1.54) is 23.0 Å². The molecular formula is C21H12FN5O2. The third-order valence-corrected chi connectivity index (χ3v) is 4.52. The van der Waals surface area contributed by atoms with E-state index >= 15 is 0 Å². The normalized spacial score (nSPS) is 11.2. The van der Waals surface area contributed by atoms with Crippen LogP contribution in [0.25, 0.3) is 39.0 Å². The number of hydrogen-bond acceptors (Lipinski definition) is 5. The Balaban J connectivity index is 1.79. The highest BCUT2D eigenvalue weighted by molar-refractivity contribution is 6.13. The average Bonchev–Trinajstić information content (AvgIpc) is 3.18. The lowest BCUT2D eigenvalue weighted by atomic mass is 10.0. The third kappa shape index (κ3) is 2.87. The van der Waals surface area contributed by atoms with E-state index in [-0.39, 0.29) is 5.56 Å². The van der Waals surface area contributed by atoms with Crippen LogP contribution in [0.2, 0.25) is 0 Å². The molecule has 29 heavy (non-hydrogen) atoms. The minimum atomic E-state index is -1.11. The molecular weight excluding hydrogens is 373 g/mol. The highest BCUT2D eigenvalue weighted by Crippen LogP contribution is 2.29. The van der Waals surface area contributed by atoms with Crippen LogP contribution in [0.15, 0.2) is 66.9 Å². The van der Waals surface area contributed by atoms with Gasteiger partial charge < -0.3 is 5.11 Å². The number of benzene rings is 2. The van der Waals surface area contributed by atoms with Gasteiger partial charge in [0.2, 0.25) is 0 Å². The summed E-state index contributed by atoms with van der Waals surface area (Å²) in [7, 11) is 0. The maximum atomic E-state index is 13.6. The van der Waals surface area contributed by atoms with Crippen LogP contribution >= 0.6 is 0 Å². The summed E-state index contributed by atoms with van der Waals surface area (Å²) in [5, 5.41) is 19.0. The molecule has 2 aromatic carbocycles. The number of carboxylic acid groups (broad SMARTS) is 1. The maximum absolute atomic E-state index is 13.6. The highest BCUT2D eigenvalue weighted by Gasteiger charge is 2.19. The fourth-order valence-electron chi connectivity index (χ4n) is 3.23. The molecule has 0 saturated heterocycles. The first-order valence-electron chi connectivity index (χ1n) is 8.71. The average molecular weight is 385 g/mol. The topological polar surface area (TPSA) is 93.8 Å². The molecule has 5 rings (SSSR count). The molecule has 0 bridgehead atoms. The van der Waals surface area contributed by atoms with E-state index in [0.29, 0.717) is 39.0 Å². The Hall–Kier alpha value is -4.20. The van der Waals surface area contributed by atoms with Crippen LogP contribution in [0.3, 0.4) is 0 Å². The Morgan fingerprint density at radius 3 is 2.55 bits per heavy atom. The molecule has 0 unspecified atom stereocenters. The van der Waals surface area contributed by atoms with Crippen LogP contribution in [0.4, 0.5) is 4.39 Å². The van der Waals surface area contributed by atoms with Crippen molar-refractivity contribution in [2.24, 2.45) is 0 Å². The predicted molar refractivity (Wildman–Crippen MR) is 104 cm³/mol. The second-order valence-corrected chi connectivity index (χ2v) is 6.37. The van der Waals surface area contributed by atoms with Crippen molar-refractivity contribution in [1.82, 2.24) is 25.0 Å². The summed E-state index contributed by atoms with van der Waals surface area (Å²) in [4.78, 5) is 22.1. The number of nitrogens with zero attached hydrogens (tertiary/aromatic N) is 5. The summed E-state index contributed by atoms with van der Waals surface area (Å²) in [5.74, 6) is -1.52. The van der Waals surface area contributed by atoms with Gasteiger partial charge in [0.15, 0.2) is 0 Å². The second kappa shape index (κ2) is 6.45. The van der Waals surface area contributed by atoms with E-state index in [4.69, 9.17) is 0 Å². The molecule has 5 aromatic rings. The molecule has 0 amide bonds. The van der Waals surface area contributed by atoms with E-state index in [9.17, 15) is 14.3 Å². The van der Waals surface area contributed by atoms with Crippen LogP contribution in [-0.2, 0) is 0 Å². The Bertz CT molecular complexity index is 1400. The van der Waals surface area contributed by atoms with Gasteiger partial charge in [0.1, 0.15) is 16.9 Å². The van der Waals surface area contributed by atoms with Gasteiger partial charge in [-0.3, -0.25) is 4.98 Å². The zero-order valence-electron chi connectivity index (χ0n) is 14.8. The number of fused-ring (bicyclic) bond motifs is 3. The molecule has 3 aromatic heterocycles. The minimum Gasteiger partial charge on any atom is -0.478 e. The lowest BCUT2D eigenvalue weighted by molar-refractivity contribution is 0.0699. The Labute approximate surface area is 163 Å². The lowest BCUT2D eigenvalue weighted by Gasteiger charge is -2.06. The highest BCUT2D eigenvalue weighted by atomic mass is 19.1. The first-order valence-corrected chi connectivity index (χ1v) is 8.71. The lowest BCUT2D eigenvalue weighted by Crippen LogP contribution is -2.02. The first-order chi connectivity index (χ1) is 14.1. The smallest absolute Gasteiger partial charge is 0.336 e. The zero-order chi connectivity index (χ0) is 20.0. The zero-order valence-corrected chi connectivity index (χ0v) is 14.8. The van der Waals surface area contributed by atoms with Gasteiger partial charge in [0.05, 0.1) is 28.2 Å². The Kier molecular flexibility index (Phi) is 3.77. The monoisotopic (exact) mass is 385 g/mol. The van der Waals surface area contributed by atoms with Gasteiger partial charge in [-0.1, -0.05) is 12.1 Å². The molecule has 0 aliphatic carbocycles. The summed E-state index contributed by atoms with van der Waals surface area (Å²) in [6, 6.07) is 16.1. The van der Waals surface area contributed by atoms with Crippen molar-refractivity contribution in [3.05, 3.63) is 78.2 Å². The molecule has 0 fully saturated rings. The first kappa shape index (κ1) is 16.9. The predicted octanol–water partition coefficient (Wildman–Crippen LogP) is 3.87. The van der Waals surface area contributed by atoms with Crippen molar-refractivity contribution in [1.29, 1.82) is 0 Å². The van der Waals surface area contributed by atoms with Crippen molar-refractivity contribution >= 4 is 27.9 Å². The molecule has 0 atom stereocenters. The molecule has 8 heteroatoms. The van der Waals surface area contributed by atoms with Crippen molar-refractivity contribution in [2.45, 2.75) is 0 Å². The molecule has 3 heterocycles. The number of carboxylic acids is 1. The van der Waals surface area contributed by atoms with Crippen LogP contribution in [0.1, 0.15) is 10.4 Å². The Morgan fingerprint density at radius 1 is 0.931 bits per heavy atom. The van der Waals surface area contributed by atoms with Gasteiger partial charge in [0, 0.05) is 17.6 Å². The largest absolute Gasteiger partial charge is 0.478 e. The molecule has 0 spiro atoms. The summed E-state index contributed by atoms with van der Waals surface area (Å²) in [6.07, 6.45) is 1.62. The van der Waals surface area contributed by atoms with Gasteiger partial charge in [-0.2, -0.15) is 4.80 Å². The number of rotatable bonds is 3. The van der Waals surface area contributed by atoms with Gasteiger partial charge in [-0.15, -0.1) is 10.2 Å². The number of carbonyl (C=O) groups is 1. The third-order valence-electron chi connectivity index (χ3n) is 4.52. The van der Waals surface area contributed by atoms with Gasteiger partial charge in [-0.05, 0) is 42.5 Å². The number of aromatic nitrogens is 5. The van der Waals surface area contributed by atoms with Crippen molar-refractivity contribution in [3.8, 4) is 17.1 Å². The summed E-state index contributed by atoms with van der Waals surface area (Å²) in [5.41, 5.74) is 2.83. The molecule has 1 N–H and O–H groups in total. The fourth-order valence-corrected chi connectivity index (χ4v) is 3.23. The summed E-state index contributed by atoms with van der Waals surface area (Å²) in [6.45, 7) is 0. The molecule has 0 radical (unpaired) electrons. The minimum absolute atomic E-state index is 0.0487. The van der Waals surface area contributed by atoms with Crippen molar-refractivity contribution < 1.29 is 14.3 Å². The van der Waals surface area contributed by atoms with Crippen molar-refractivity contribution in [2.75, 3.05) is 0 Å². The van der Waals surface area contributed by atoms with E-state index < -0.39 is 11.8 Å². The number of aromatic carboxylic acids is 1. The van der Waals surface area contributed by atoms with E-state index in [1.807, 2.05) is 6.07 Å². The molecule has 140 valence electrons. The molecule has 0 saturated carbocycles. The molecule has 7 nitrogen and oxygen atoms in total. The summed E-state index contributed by atoms with van der Waals surface area (Å²) < 4.78 is 13.6. The molecule has 0 aliphatic rings. The number of hydrogen-bond donors (Lipinski definition) is 1. The van der Waals surface area contributed by atoms with Crippen LogP contribution in [0, 0.1) is 5.82 Å². The van der Waals surface area contributed by atoms with Gasteiger partial charge >= 0.3 is 5.97 Å². The Morgan fingerprint density at radius 2 is 1.79 bits per heavy atom. The quantitative estimate of drug-likeness (QED) is 0.507. The van der Waals surface area contributed by atoms with Crippen LogP contribution in [0.5, 0.6) is 0 Å². The second-order valence-electron chi connectivity index (χ2n) is 6.37. The van der Waals surface area contributed by atoms with Gasteiger partial charge in [-0.25, -0.2) is 14.2 Å². The van der Waals surface area contributed by atoms with E-state index in [0.717, 1.165) is 0 Å². The fraction of sp³-hybridized carbons (Fsp3) is 0. The van der Waals surface area contributed by atoms with Crippen LogP contribution in [-0.4, -0.2) is 36.0 Å². The standard InChI is InChI=1S/C21H12FN5O2/c22-12-4-3-5-13(10-12)27-25-17-8-7-16-19(20(17)26-27)14(21(28)29)11-18(24-16)15-6-1-2-9-23-15/h1-11H,(H,28,29). The number of halogens is 1. The summed E-state index contributed by atoms with van der Waals surface area (Å²) >= 11 is 0. The van der Waals surface area contributed by atoms with E-state index in [1.54, 1.807) is 42.6 Å².